The number of hydrogen-bond donors (Lipinski definition) is 4. The Morgan fingerprint density at radius 3 is 2.42 bits per heavy atom. The number of nitrogens with one attached hydrogen (secondary N) is 1. The van der Waals surface area contributed by atoms with E-state index in [9.17, 15) is 15.3 Å². The van der Waals surface area contributed by atoms with Crippen molar-refractivity contribution in [3.8, 4) is 11.5 Å². The number of aliphatic hydroxyl groups excluding tert-OH is 1. The van der Waals surface area contributed by atoms with Gasteiger partial charge in [-0.3, -0.25) is 0 Å². The van der Waals surface area contributed by atoms with E-state index in [0.29, 0.717) is 12.5 Å². The standard InChI is InChI=1S/C22H35NO3/c1-6-8-9-19(20-11-10-18(25)13-22(20)26)16(4)12-21(15(3)7-2)23-14-17(5)24/h10-13,15,17,23-26H,6-9,14H2,1-5H3/b19-16+,21-12+/t15?,17-/m1/s1. The molecular formula is C22H35NO3. The lowest BCUT2D eigenvalue weighted by Gasteiger charge is -2.20. The maximum absolute atomic E-state index is 10.3. The van der Waals surface area contributed by atoms with Crippen molar-refractivity contribution >= 4 is 5.57 Å². The van der Waals surface area contributed by atoms with Crippen LogP contribution in [0.1, 0.15) is 65.9 Å². The fourth-order valence-corrected chi connectivity index (χ4v) is 2.85. The fraction of sp³-hybridized carbons (Fsp3) is 0.545. The van der Waals surface area contributed by atoms with Gasteiger partial charge in [0.2, 0.25) is 0 Å². The highest BCUT2D eigenvalue weighted by atomic mass is 16.3. The van der Waals surface area contributed by atoms with Crippen LogP contribution in [0.25, 0.3) is 5.57 Å². The van der Waals surface area contributed by atoms with E-state index in [2.05, 4.69) is 39.1 Å². The summed E-state index contributed by atoms with van der Waals surface area (Å²) in [6, 6.07) is 4.78. The number of hydrogen-bond acceptors (Lipinski definition) is 4. The van der Waals surface area contributed by atoms with E-state index in [-0.39, 0.29) is 11.5 Å². The minimum absolute atomic E-state index is 0.0631. The molecule has 0 aliphatic heterocycles. The number of allylic oxidation sites excluding steroid dienone is 4. The van der Waals surface area contributed by atoms with Crippen molar-refractivity contribution < 1.29 is 15.3 Å². The van der Waals surface area contributed by atoms with Gasteiger partial charge >= 0.3 is 0 Å². The van der Waals surface area contributed by atoms with E-state index in [1.54, 1.807) is 19.1 Å². The molecule has 4 heteroatoms. The van der Waals surface area contributed by atoms with Gasteiger partial charge in [-0.2, -0.15) is 0 Å². The van der Waals surface area contributed by atoms with Gasteiger partial charge in [-0.15, -0.1) is 0 Å². The minimum Gasteiger partial charge on any atom is -0.508 e. The molecule has 1 unspecified atom stereocenters. The summed E-state index contributed by atoms with van der Waals surface area (Å²) in [4.78, 5) is 0. The number of phenols is 2. The fourth-order valence-electron chi connectivity index (χ4n) is 2.85. The molecular weight excluding hydrogens is 326 g/mol. The molecule has 4 nitrogen and oxygen atoms in total. The molecule has 0 radical (unpaired) electrons. The molecule has 0 heterocycles. The van der Waals surface area contributed by atoms with Crippen molar-refractivity contribution in [1.29, 1.82) is 0 Å². The Morgan fingerprint density at radius 1 is 1.19 bits per heavy atom. The van der Waals surface area contributed by atoms with Crippen molar-refractivity contribution in [1.82, 2.24) is 5.32 Å². The first kappa shape index (κ1) is 22.1. The Hall–Kier alpha value is -1.94. The van der Waals surface area contributed by atoms with Gasteiger partial charge in [-0.25, -0.2) is 0 Å². The predicted molar refractivity (Wildman–Crippen MR) is 109 cm³/mol. The van der Waals surface area contributed by atoms with Gasteiger partial charge in [-0.1, -0.05) is 27.2 Å². The number of benzene rings is 1. The zero-order valence-electron chi connectivity index (χ0n) is 16.8. The van der Waals surface area contributed by atoms with Crippen LogP contribution in [0.2, 0.25) is 0 Å². The second-order valence-electron chi connectivity index (χ2n) is 7.11. The molecule has 0 aromatic heterocycles. The van der Waals surface area contributed by atoms with Crippen LogP contribution in [0, 0.1) is 5.92 Å². The minimum atomic E-state index is -0.410. The van der Waals surface area contributed by atoms with Crippen molar-refractivity contribution in [3.05, 3.63) is 41.1 Å². The lowest BCUT2D eigenvalue weighted by Crippen LogP contribution is -2.26. The number of unbranched alkanes of at least 4 members (excludes halogenated alkanes) is 1. The topological polar surface area (TPSA) is 72.7 Å². The first-order valence-corrected chi connectivity index (χ1v) is 9.65. The number of phenolic OH excluding ortho intramolecular Hbond substituents is 2. The van der Waals surface area contributed by atoms with E-state index < -0.39 is 6.10 Å². The van der Waals surface area contributed by atoms with Crippen LogP contribution in [-0.4, -0.2) is 28.0 Å². The van der Waals surface area contributed by atoms with Crippen LogP contribution in [0.15, 0.2) is 35.5 Å². The lowest BCUT2D eigenvalue weighted by atomic mass is 9.93. The second-order valence-corrected chi connectivity index (χ2v) is 7.11. The highest BCUT2D eigenvalue weighted by molar-refractivity contribution is 5.75. The Morgan fingerprint density at radius 2 is 1.88 bits per heavy atom. The van der Waals surface area contributed by atoms with Crippen molar-refractivity contribution in [2.24, 2.45) is 5.92 Å². The van der Waals surface area contributed by atoms with Crippen LogP contribution in [0.4, 0.5) is 0 Å². The summed E-state index contributed by atoms with van der Waals surface area (Å²) < 4.78 is 0. The quantitative estimate of drug-likeness (QED) is 0.444. The van der Waals surface area contributed by atoms with Crippen LogP contribution in [0.5, 0.6) is 11.5 Å². The number of rotatable bonds is 10. The lowest BCUT2D eigenvalue weighted by molar-refractivity contribution is 0.193. The van der Waals surface area contributed by atoms with Gasteiger partial charge in [-0.05, 0) is 68.4 Å². The molecule has 0 saturated carbocycles. The summed E-state index contributed by atoms with van der Waals surface area (Å²) in [6.07, 6.45) is 5.68. The summed E-state index contributed by atoms with van der Waals surface area (Å²) in [7, 11) is 0. The maximum atomic E-state index is 10.3. The molecule has 1 aromatic carbocycles. The molecule has 0 fully saturated rings. The Bertz CT molecular complexity index is 632. The Balaban J connectivity index is 3.34. The highest BCUT2D eigenvalue weighted by Gasteiger charge is 2.13. The molecule has 1 rings (SSSR count). The summed E-state index contributed by atoms with van der Waals surface area (Å²) in [6.45, 7) is 10.8. The van der Waals surface area contributed by atoms with E-state index in [4.69, 9.17) is 0 Å². The van der Waals surface area contributed by atoms with Crippen LogP contribution < -0.4 is 5.32 Å². The molecule has 4 N–H and O–H groups in total. The molecule has 26 heavy (non-hydrogen) atoms. The van der Waals surface area contributed by atoms with Gasteiger partial charge in [0.05, 0.1) is 6.10 Å². The SMILES string of the molecule is CCCC/C(=C(C)\C=C(\NC[C@@H](C)O)C(C)CC)c1ccc(O)cc1O. The van der Waals surface area contributed by atoms with Crippen LogP contribution in [0.3, 0.4) is 0 Å². The third-order valence-corrected chi connectivity index (χ3v) is 4.68. The summed E-state index contributed by atoms with van der Waals surface area (Å²) in [5.74, 6) is 0.517. The van der Waals surface area contributed by atoms with Gasteiger partial charge < -0.3 is 20.6 Å². The summed E-state index contributed by atoms with van der Waals surface area (Å²) in [5.41, 5.74) is 4.04. The molecule has 0 saturated heterocycles. The zero-order chi connectivity index (χ0) is 19.7. The third-order valence-electron chi connectivity index (χ3n) is 4.68. The van der Waals surface area contributed by atoms with Crippen LogP contribution >= 0.6 is 0 Å². The van der Waals surface area contributed by atoms with E-state index in [0.717, 1.165) is 48.1 Å². The summed E-state index contributed by atoms with van der Waals surface area (Å²) in [5, 5.41) is 32.9. The number of aromatic hydroxyl groups is 2. The summed E-state index contributed by atoms with van der Waals surface area (Å²) >= 11 is 0. The third kappa shape index (κ3) is 6.75. The molecule has 0 spiro atoms. The van der Waals surface area contributed by atoms with Crippen LogP contribution in [-0.2, 0) is 0 Å². The molecule has 2 atom stereocenters. The van der Waals surface area contributed by atoms with E-state index in [1.807, 2.05) is 0 Å². The monoisotopic (exact) mass is 361 g/mol. The predicted octanol–water partition coefficient (Wildman–Crippen LogP) is 4.96. The normalized spacial score (nSPS) is 15.4. The molecule has 1 aromatic rings. The van der Waals surface area contributed by atoms with Gasteiger partial charge in [0.25, 0.3) is 0 Å². The average molecular weight is 362 g/mol. The Labute approximate surface area is 158 Å². The largest absolute Gasteiger partial charge is 0.508 e. The van der Waals surface area contributed by atoms with Gasteiger partial charge in [0.1, 0.15) is 11.5 Å². The number of aliphatic hydroxyl groups is 1. The second kappa shape index (κ2) is 10.9. The van der Waals surface area contributed by atoms with Crippen molar-refractivity contribution in [2.75, 3.05) is 6.54 Å². The van der Waals surface area contributed by atoms with Crippen molar-refractivity contribution in [3.63, 3.8) is 0 Å². The van der Waals surface area contributed by atoms with Gasteiger partial charge in [0, 0.05) is 23.9 Å². The smallest absolute Gasteiger partial charge is 0.126 e. The van der Waals surface area contributed by atoms with E-state index in [1.165, 1.54) is 6.07 Å². The molecule has 0 bridgehead atoms. The highest BCUT2D eigenvalue weighted by Crippen LogP contribution is 2.34. The molecule has 0 amide bonds. The van der Waals surface area contributed by atoms with Gasteiger partial charge in [0.15, 0.2) is 0 Å². The Kier molecular flexibility index (Phi) is 9.28. The maximum Gasteiger partial charge on any atom is 0.126 e. The first-order valence-electron chi connectivity index (χ1n) is 9.65. The zero-order valence-corrected chi connectivity index (χ0v) is 16.8. The first-order chi connectivity index (χ1) is 12.3. The average Bonchev–Trinajstić information content (AvgIpc) is 2.59. The van der Waals surface area contributed by atoms with E-state index >= 15 is 0 Å². The van der Waals surface area contributed by atoms with Crippen molar-refractivity contribution in [2.45, 2.75) is 66.4 Å². The molecule has 146 valence electrons. The molecule has 0 aliphatic rings. The molecule has 0 aliphatic carbocycles.